The summed E-state index contributed by atoms with van der Waals surface area (Å²) in [5.74, 6) is 0.410. The van der Waals surface area contributed by atoms with Gasteiger partial charge in [0, 0.05) is 18.0 Å². The van der Waals surface area contributed by atoms with E-state index in [1.54, 1.807) is 6.92 Å². The maximum absolute atomic E-state index is 9.37. The highest BCUT2D eigenvalue weighted by Crippen LogP contribution is 2.21. The highest BCUT2D eigenvalue weighted by molar-refractivity contribution is 6.30. The molecular formula is C22H26ClN3O2. The summed E-state index contributed by atoms with van der Waals surface area (Å²) in [6, 6.07) is 16.5. The van der Waals surface area contributed by atoms with Gasteiger partial charge in [-0.2, -0.15) is 0 Å². The minimum atomic E-state index is -0.745. The van der Waals surface area contributed by atoms with Crippen molar-refractivity contribution in [3.63, 3.8) is 0 Å². The van der Waals surface area contributed by atoms with E-state index in [-0.39, 0.29) is 6.42 Å². The van der Waals surface area contributed by atoms with E-state index in [0.717, 1.165) is 29.5 Å². The molecule has 1 N–H and O–H groups in total. The molecule has 5 nitrogen and oxygen atoms in total. The SMILES string of the molecule is CCC(=O)O.Clc1ccc(Cn2c(CN3CCCC3)nc3ccccc32)cc1. The van der Waals surface area contributed by atoms with Crippen molar-refractivity contribution in [1.29, 1.82) is 0 Å². The zero-order chi connectivity index (χ0) is 19.9. The highest BCUT2D eigenvalue weighted by atomic mass is 35.5. The second-order valence-electron chi connectivity index (χ2n) is 6.96. The maximum atomic E-state index is 9.37. The highest BCUT2D eigenvalue weighted by Gasteiger charge is 2.17. The summed E-state index contributed by atoms with van der Waals surface area (Å²) in [6.07, 6.45) is 2.83. The molecule has 1 aliphatic heterocycles. The lowest BCUT2D eigenvalue weighted by atomic mass is 10.2. The van der Waals surface area contributed by atoms with Crippen LogP contribution >= 0.6 is 11.6 Å². The average molecular weight is 400 g/mol. The van der Waals surface area contributed by atoms with Crippen LogP contribution in [0.15, 0.2) is 48.5 Å². The monoisotopic (exact) mass is 399 g/mol. The van der Waals surface area contributed by atoms with Gasteiger partial charge in [0.2, 0.25) is 0 Å². The molecule has 0 amide bonds. The Morgan fingerprint density at radius 3 is 2.36 bits per heavy atom. The number of aliphatic carboxylic acids is 1. The zero-order valence-corrected chi connectivity index (χ0v) is 16.9. The van der Waals surface area contributed by atoms with Gasteiger partial charge in [-0.05, 0) is 55.8 Å². The van der Waals surface area contributed by atoms with Gasteiger partial charge in [0.25, 0.3) is 0 Å². The number of carboxylic acid groups (broad SMARTS) is 1. The van der Waals surface area contributed by atoms with Crippen LogP contribution in [-0.4, -0.2) is 38.6 Å². The van der Waals surface area contributed by atoms with E-state index in [0.29, 0.717) is 0 Å². The molecule has 0 bridgehead atoms. The molecular weight excluding hydrogens is 374 g/mol. The molecule has 0 radical (unpaired) electrons. The first-order valence-electron chi connectivity index (χ1n) is 9.69. The molecule has 28 heavy (non-hydrogen) atoms. The lowest BCUT2D eigenvalue weighted by molar-refractivity contribution is -0.136. The summed E-state index contributed by atoms with van der Waals surface area (Å²) in [5.41, 5.74) is 3.53. The Kier molecular flexibility index (Phi) is 7.06. The molecule has 0 unspecified atom stereocenters. The van der Waals surface area contributed by atoms with Crippen LogP contribution in [-0.2, 0) is 17.9 Å². The van der Waals surface area contributed by atoms with Crippen LogP contribution in [0.3, 0.4) is 0 Å². The summed E-state index contributed by atoms with van der Waals surface area (Å²) < 4.78 is 2.34. The largest absolute Gasteiger partial charge is 0.481 e. The lowest BCUT2D eigenvalue weighted by Crippen LogP contribution is -2.21. The molecule has 2 aromatic carbocycles. The Balaban J connectivity index is 0.000000403. The van der Waals surface area contributed by atoms with Gasteiger partial charge in [-0.3, -0.25) is 9.69 Å². The molecule has 0 saturated carbocycles. The van der Waals surface area contributed by atoms with Gasteiger partial charge in [0.1, 0.15) is 5.82 Å². The Morgan fingerprint density at radius 1 is 1.07 bits per heavy atom. The van der Waals surface area contributed by atoms with Crippen LogP contribution < -0.4 is 0 Å². The number of aromatic nitrogens is 2. The summed E-state index contributed by atoms with van der Waals surface area (Å²) >= 11 is 6.01. The zero-order valence-electron chi connectivity index (χ0n) is 16.1. The number of benzene rings is 2. The van der Waals surface area contributed by atoms with Gasteiger partial charge >= 0.3 is 5.97 Å². The Labute approximate surface area is 170 Å². The molecule has 4 rings (SSSR count). The smallest absolute Gasteiger partial charge is 0.303 e. The molecule has 2 heterocycles. The number of hydrogen-bond acceptors (Lipinski definition) is 3. The van der Waals surface area contributed by atoms with Gasteiger partial charge in [-0.25, -0.2) is 4.98 Å². The molecule has 0 spiro atoms. The van der Waals surface area contributed by atoms with Gasteiger partial charge in [-0.15, -0.1) is 0 Å². The second kappa shape index (κ2) is 9.71. The predicted octanol–water partition coefficient (Wildman–Crippen LogP) is 4.81. The third kappa shape index (κ3) is 5.33. The quantitative estimate of drug-likeness (QED) is 0.668. The van der Waals surface area contributed by atoms with Crippen LogP contribution in [0, 0.1) is 0 Å². The van der Waals surface area contributed by atoms with Crippen molar-refractivity contribution >= 4 is 28.6 Å². The summed E-state index contributed by atoms with van der Waals surface area (Å²) in [6.45, 7) is 5.74. The van der Waals surface area contributed by atoms with Crippen molar-refractivity contribution < 1.29 is 9.90 Å². The minimum Gasteiger partial charge on any atom is -0.481 e. The summed E-state index contributed by atoms with van der Waals surface area (Å²) in [5, 5.41) is 8.50. The number of carboxylic acids is 1. The van der Waals surface area contributed by atoms with Crippen molar-refractivity contribution in [1.82, 2.24) is 14.5 Å². The third-order valence-corrected chi connectivity index (χ3v) is 5.11. The number of fused-ring (bicyclic) bond motifs is 1. The lowest BCUT2D eigenvalue weighted by Gasteiger charge is -2.16. The van der Waals surface area contributed by atoms with Crippen LogP contribution in [0.5, 0.6) is 0 Å². The van der Waals surface area contributed by atoms with E-state index < -0.39 is 5.97 Å². The average Bonchev–Trinajstić information content (AvgIpc) is 3.33. The van der Waals surface area contributed by atoms with Crippen LogP contribution in [0.4, 0.5) is 0 Å². The number of imidazole rings is 1. The first-order valence-corrected chi connectivity index (χ1v) is 10.1. The first kappa shape index (κ1) is 20.4. The maximum Gasteiger partial charge on any atom is 0.303 e. The fraction of sp³-hybridized carbons (Fsp3) is 0.364. The van der Waals surface area contributed by atoms with Crippen LogP contribution in [0.1, 0.15) is 37.6 Å². The van der Waals surface area contributed by atoms with E-state index in [1.807, 2.05) is 12.1 Å². The molecule has 0 aliphatic carbocycles. The molecule has 0 atom stereocenters. The molecule has 3 aromatic rings. The first-order chi connectivity index (χ1) is 13.6. The third-order valence-electron chi connectivity index (χ3n) is 4.85. The molecule has 148 valence electrons. The number of carbonyl (C=O) groups is 1. The molecule has 1 aromatic heterocycles. The van der Waals surface area contributed by atoms with Gasteiger partial charge in [0.05, 0.1) is 17.6 Å². The number of halogens is 1. The van der Waals surface area contributed by atoms with E-state index >= 15 is 0 Å². The van der Waals surface area contributed by atoms with Gasteiger partial charge in [-0.1, -0.05) is 42.8 Å². The van der Waals surface area contributed by atoms with Crippen molar-refractivity contribution in [3.05, 3.63) is 64.9 Å². The topological polar surface area (TPSA) is 58.4 Å². The van der Waals surface area contributed by atoms with Crippen LogP contribution in [0.25, 0.3) is 11.0 Å². The minimum absolute atomic E-state index is 0.222. The number of para-hydroxylation sites is 2. The van der Waals surface area contributed by atoms with Crippen molar-refractivity contribution in [2.24, 2.45) is 0 Å². The number of likely N-dealkylation sites (tertiary alicyclic amines) is 1. The van der Waals surface area contributed by atoms with Crippen molar-refractivity contribution in [3.8, 4) is 0 Å². The second-order valence-corrected chi connectivity index (χ2v) is 7.40. The Hall–Kier alpha value is -2.37. The molecule has 1 saturated heterocycles. The molecule has 1 aliphatic rings. The molecule has 6 heteroatoms. The predicted molar refractivity (Wildman–Crippen MR) is 113 cm³/mol. The number of rotatable bonds is 5. The van der Waals surface area contributed by atoms with E-state index in [9.17, 15) is 4.79 Å². The fourth-order valence-electron chi connectivity index (χ4n) is 3.34. The Bertz CT molecular complexity index is 915. The summed E-state index contributed by atoms with van der Waals surface area (Å²) in [7, 11) is 0. The van der Waals surface area contributed by atoms with Crippen molar-refractivity contribution in [2.75, 3.05) is 13.1 Å². The van der Waals surface area contributed by atoms with Gasteiger partial charge in [0.15, 0.2) is 0 Å². The normalized spacial score (nSPS) is 14.1. The number of hydrogen-bond donors (Lipinski definition) is 1. The summed E-state index contributed by atoms with van der Waals surface area (Å²) in [4.78, 5) is 16.8. The molecule has 1 fully saturated rings. The Morgan fingerprint density at radius 2 is 1.71 bits per heavy atom. The van der Waals surface area contributed by atoms with Crippen molar-refractivity contribution in [2.45, 2.75) is 39.3 Å². The van der Waals surface area contributed by atoms with Gasteiger partial charge < -0.3 is 9.67 Å². The number of nitrogens with zero attached hydrogens (tertiary/aromatic N) is 3. The van der Waals surface area contributed by atoms with E-state index in [1.165, 1.54) is 37.0 Å². The standard InChI is InChI=1S/C19H20ClN3.C3H6O2/c20-16-9-7-15(8-10-16)13-23-18-6-2-1-5-17(18)21-19(23)14-22-11-3-4-12-22;1-2-3(4)5/h1-2,5-10H,3-4,11-14H2;2H2,1H3,(H,4,5). The fourth-order valence-corrected chi connectivity index (χ4v) is 3.46. The van der Waals surface area contributed by atoms with Crippen LogP contribution in [0.2, 0.25) is 5.02 Å². The van der Waals surface area contributed by atoms with E-state index in [4.69, 9.17) is 21.7 Å². The van der Waals surface area contributed by atoms with E-state index in [2.05, 4.69) is 45.9 Å².